The van der Waals surface area contributed by atoms with E-state index in [0.29, 0.717) is 19.4 Å². The molecule has 3 rings (SSSR count). The monoisotopic (exact) mass is 481 g/mol. The standard InChI is InChI=1S/C22H25ClFN3O4S/c1-2-25-21(29)22(12-4-3-5-13-22)26-20(28)15-6-11-18(23)19(14-15)27-32(30,31)17-9-7-16(24)8-10-17/h6-11,14,27H,2-5,12-13H2,1H3,(H,25,29)(H,26,28). The third kappa shape index (κ3) is 5.39. The van der Waals surface area contributed by atoms with Gasteiger partial charge in [0.2, 0.25) is 5.91 Å². The summed E-state index contributed by atoms with van der Waals surface area (Å²) in [6.07, 6.45) is 3.69. The highest BCUT2D eigenvalue weighted by Crippen LogP contribution is 2.30. The number of sulfonamides is 1. The van der Waals surface area contributed by atoms with Gasteiger partial charge in [0.1, 0.15) is 11.4 Å². The number of nitrogens with one attached hydrogen (secondary N) is 3. The van der Waals surface area contributed by atoms with E-state index in [2.05, 4.69) is 15.4 Å². The van der Waals surface area contributed by atoms with Gasteiger partial charge in [0.25, 0.3) is 15.9 Å². The van der Waals surface area contributed by atoms with Crippen molar-refractivity contribution in [1.29, 1.82) is 0 Å². The van der Waals surface area contributed by atoms with Gasteiger partial charge in [-0.2, -0.15) is 0 Å². The van der Waals surface area contributed by atoms with Gasteiger partial charge < -0.3 is 10.6 Å². The molecule has 0 radical (unpaired) electrons. The Morgan fingerprint density at radius 1 is 1.06 bits per heavy atom. The quantitative estimate of drug-likeness (QED) is 0.558. The smallest absolute Gasteiger partial charge is 0.261 e. The second-order valence-corrected chi connectivity index (χ2v) is 9.80. The van der Waals surface area contributed by atoms with E-state index >= 15 is 0 Å². The van der Waals surface area contributed by atoms with E-state index in [-0.39, 0.29) is 27.1 Å². The number of carbonyl (C=O) groups excluding carboxylic acids is 2. The minimum Gasteiger partial charge on any atom is -0.354 e. The van der Waals surface area contributed by atoms with Crippen LogP contribution in [0.25, 0.3) is 0 Å². The zero-order valence-corrected chi connectivity index (χ0v) is 19.2. The van der Waals surface area contributed by atoms with Gasteiger partial charge in [-0.15, -0.1) is 0 Å². The molecule has 10 heteroatoms. The molecule has 172 valence electrons. The SMILES string of the molecule is CCNC(=O)C1(NC(=O)c2ccc(Cl)c(NS(=O)(=O)c3ccc(F)cc3)c2)CCCCC1. The maximum absolute atomic E-state index is 13.1. The lowest BCUT2D eigenvalue weighted by molar-refractivity contribution is -0.128. The maximum Gasteiger partial charge on any atom is 0.261 e. The number of hydrogen-bond acceptors (Lipinski definition) is 4. The minimum absolute atomic E-state index is 0.000606. The summed E-state index contributed by atoms with van der Waals surface area (Å²) < 4.78 is 40.7. The van der Waals surface area contributed by atoms with Crippen molar-refractivity contribution in [1.82, 2.24) is 10.6 Å². The first-order chi connectivity index (χ1) is 15.2. The molecule has 0 saturated heterocycles. The van der Waals surface area contributed by atoms with Crippen molar-refractivity contribution in [2.24, 2.45) is 0 Å². The molecule has 1 aliphatic rings. The van der Waals surface area contributed by atoms with E-state index in [0.717, 1.165) is 43.5 Å². The molecule has 0 aliphatic heterocycles. The van der Waals surface area contributed by atoms with E-state index < -0.39 is 27.3 Å². The topological polar surface area (TPSA) is 104 Å². The van der Waals surface area contributed by atoms with Crippen molar-refractivity contribution in [3.63, 3.8) is 0 Å². The molecule has 2 amide bonds. The summed E-state index contributed by atoms with van der Waals surface area (Å²) >= 11 is 6.15. The number of likely N-dealkylation sites (N-methyl/N-ethyl adjacent to an activating group) is 1. The summed E-state index contributed by atoms with van der Waals surface area (Å²) in [5.74, 6) is -1.29. The van der Waals surface area contributed by atoms with Gasteiger partial charge in [0, 0.05) is 12.1 Å². The number of halogens is 2. The van der Waals surface area contributed by atoms with Gasteiger partial charge in [-0.05, 0) is 62.2 Å². The molecular weight excluding hydrogens is 457 g/mol. The predicted octanol–water partition coefficient (Wildman–Crippen LogP) is 3.85. The molecule has 32 heavy (non-hydrogen) atoms. The van der Waals surface area contributed by atoms with Crippen molar-refractivity contribution in [2.45, 2.75) is 49.5 Å². The number of carbonyl (C=O) groups is 2. The van der Waals surface area contributed by atoms with Gasteiger partial charge in [0.05, 0.1) is 15.6 Å². The van der Waals surface area contributed by atoms with E-state index in [1.807, 2.05) is 6.92 Å². The zero-order chi connectivity index (χ0) is 23.4. The molecule has 0 aromatic heterocycles. The van der Waals surface area contributed by atoms with Crippen molar-refractivity contribution in [3.8, 4) is 0 Å². The van der Waals surface area contributed by atoms with Gasteiger partial charge in [0.15, 0.2) is 0 Å². The molecule has 0 atom stereocenters. The zero-order valence-electron chi connectivity index (χ0n) is 17.6. The fraction of sp³-hybridized carbons (Fsp3) is 0.364. The molecule has 7 nitrogen and oxygen atoms in total. The molecule has 1 aliphatic carbocycles. The number of anilines is 1. The molecule has 0 heterocycles. The highest BCUT2D eigenvalue weighted by molar-refractivity contribution is 7.92. The average molecular weight is 482 g/mol. The lowest BCUT2D eigenvalue weighted by atomic mass is 9.80. The largest absolute Gasteiger partial charge is 0.354 e. The summed E-state index contributed by atoms with van der Waals surface area (Å²) in [5, 5.41) is 5.75. The molecule has 1 saturated carbocycles. The predicted molar refractivity (Wildman–Crippen MR) is 121 cm³/mol. The van der Waals surface area contributed by atoms with Crippen LogP contribution in [0.15, 0.2) is 47.4 Å². The second-order valence-electron chi connectivity index (χ2n) is 7.71. The lowest BCUT2D eigenvalue weighted by Gasteiger charge is -2.36. The Morgan fingerprint density at radius 2 is 1.72 bits per heavy atom. The van der Waals surface area contributed by atoms with Crippen LogP contribution in [0.1, 0.15) is 49.4 Å². The number of rotatable bonds is 7. The summed E-state index contributed by atoms with van der Waals surface area (Å²) in [6, 6.07) is 8.49. The summed E-state index contributed by atoms with van der Waals surface area (Å²) in [7, 11) is -4.05. The molecule has 2 aromatic carbocycles. The molecule has 3 N–H and O–H groups in total. The molecule has 0 spiro atoms. The lowest BCUT2D eigenvalue weighted by Crippen LogP contribution is -2.59. The summed E-state index contributed by atoms with van der Waals surface area (Å²) in [4.78, 5) is 25.6. The Kier molecular flexibility index (Phi) is 7.40. The van der Waals surface area contributed by atoms with Crippen LogP contribution in [0.4, 0.5) is 10.1 Å². The number of amides is 2. The van der Waals surface area contributed by atoms with E-state index in [1.54, 1.807) is 0 Å². The molecular formula is C22H25ClFN3O4S. The first kappa shape index (κ1) is 24.0. The molecule has 1 fully saturated rings. The first-order valence-electron chi connectivity index (χ1n) is 10.4. The Balaban J connectivity index is 1.84. The molecule has 0 unspecified atom stereocenters. The van der Waals surface area contributed by atoms with E-state index in [9.17, 15) is 22.4 Å². The summed E-state index contributed by atoms with van der Waals surface area (Å²) in [5.41, 5.74) is -0.849. The van der Waals surface area contributed by atoms with Crippen LogP contribution in [0.5, 0.6) is 0 Å². The Morgan fingerprint density at radius 3 is 2.34 bits per heavy atom. The third-order valence-electron chi connectivity index (χ3n) is 5.43. The highest BCUT2D eigenvalue weighted by atomic mass is 35.5. The van der Waals surface area contributed by atoms with Crippen LogP contribution in [0.2, 0.25) is 5.02 Å². The van der Waals surface area contributed by atoms with E-state index in [1.165, 1.54) is 18.2 Å². The highest BCUT2D eigenvalue weighted by Gasteiger charge is 2.40. The number of hydrogen-bond donors (Lipinski definition) is 3. The molecule has 2 aromatic rings. The Hall–Kier alpha value is -2.65. The fourth-order valence-electron chi connectivity index (χ4n) is 3.75. The normalized spacial score (nSPS) is 15.6. The van der Waals surface area contributed by atoms with Crippen molar-refractivity contribution in [3.05, 3.63) is 58.9 Å². The van der Waals surface area contributed by atoms with Crippen LogP contribution in [-0.4, -0.2) is 32.3 Å². The Labute approximate surface area is 191 Å². The van der Waals surface area contributed by atoms with Gasteiger partial charge >= 0.3 is 0 Å². The van der Waals surface area contributed by atoms with Gasteiger partial charge in [-0.25, -0.2) is 12.8 Å². The molecule has 0 bridgehead atoms. The third-order valence-corrected chi connectivity index (χ3v) is 7.14. The van der Waals surface area contributed by atoms with Crippen LogP contribution >= 0.6 is 11.6 Å². The van der Waals surface area contributed by atoms with Crippen LogP contribution in [0.3, 0.4) is 0 Å². The Bertz CT molecular complexity index is 1100. The number of benzene rings is 2. The second kappa shape index (κ2) is 9.87. The van der Waals surface area contributed by atoms with Crippen LogP contribution < -0.4 is 15.4 Å². The van der Waals surface area contributed by atoms with Crippen molar-refractivity contribution < 1.29 is 22.4 Å². The first-order valence-corrected chi connectivity index (χ1v) is 12.2. The van der Waals surface area contributed by atoms with Crippen LogP contribution in [0, 0.1) is 5.82 Å². The average Bonchev–Trinajstić information content (AvgIpc) is 2.76. The van der Waals surface area contributed by atoms with Gasteiger partial charge in [-0.1, -0.05) is 30.9 Å². The maximum atomic E-state index is 13.1. The van der Waals surface area contributed by atoms with Crippen LogP contribution in [-0.2, 0) is 14.8 Å². The fourth-order valence-corrected chi connectivity index (χ4v) is 5.04. The van der Waals surface area contributed by atoms with Crippen molar-refractivity contribution >= 4 is 39.1 Å². The van der Waals surface area contributed by atoms with E-state index in [4.69, 9.17) is 11.6 Å². The summed E-state index contributed by atoms with van der Waals surface area (Å²) in [6.45, 7) is 2.27. The van der Waals surface area contributed by atoms with Crippen molar-refractivity contribution in [2.75, 3.05) is 11.3 Å². The minimum atomic E-state index is -4.05. The van der Waals surface area contributed by atoms with Gasteiger partial charge in [-0.3, -0.25) is 14.3 Å².